The molecule has 2 rings (SSSR count). The van der Waals surface area contributed by atoms with E-state index in [9.17, 15) is 4.79 Å². The summed E-state index contributed by atoms with van der Waals surface area (Å²) in [6.45, 7) is 0. The van der Waals surface area contributed by atoms with Crippen molar-refractivity contribution in [3.63, 3.8) is 0 Å². The van der Waals surface area contributed by atoms with Crippen LogP contribution in [0.1, 0.15) is 12.0 Å². The molecule has 1 heterocycles. The Morgan fingerprint density at radius 3 is 3.00 bits per heavy atom. The predicted octanol–water partition coefficient (Wildman–Crippen LogP) is 2.31. The van der Waals surface area contributed by atoms with Crippen molar-refractivity contribution in [1.82, 2.24) is 4.57 Å². The van der Waals surface area contributed by atoms with Gasteiger partial charge in [-0.1, -0.05) is 6.07 Å². The van der Waals surface area contributed by atoms with Gasteiger partial charge in [0.1, 0.15) is 6.29 Å². The number of rotatable bonds is 3. The van der Waals surface area contributed by atoms with Crippen molar-refractivity contribution in [3.05, 3.63) is 36.0 Å². The van der Waals surface area contributed by atoms with Crippen molar-refractivity contribution in [1.29, 1.82) is 0 Å². The number of aromatic nitrogens is 1. The van der Waals surface area contributed by atoms with Gasteiger partial charge in [-0.15, -0.1) is 0 Å². The Morgan fingerprint density at radius 2 is 2.21 bits per heavy atom. The molecule has 14 heavy (non-hydrogen) atoms. The lowest BCUT2D eigenvalue weighted by atomic mass is 10.1. The molecule has 0 fully saturated rings. The Bertz CT molecular complexity index is 456. The van der Waals surface area contributed by atoms with E-state index in [1.165, 1.54) is 16.5 Å². The second-order valence-electron chi connectivity index (χ2n) is 3.53. The lowest BCUT2D eigenvalue weighted by molar-refractivity contribution is -0.107. The van der Waals surface area contributed by atoms with Crippen LogP contribution >= 0.6 is 0 Å². The Hall–Kier alpha value is -1.57. The van der Waals surface area contributed by atoms with Crippen molar-refractivity contribution < 1.29 is 4.79 Å². The van der Waals surface area contributed by atoms with Gasteiger partial charge in [0, 0.05) is 25.2 Å². The first kappa shape index (κ1) is 9.00. The number of nitrogens with zero attached hydrogens (tertiary/aromatic N) is 1. The minimum Gasteiger partial charge on any atom is -0.351 e. The van der Waals surface area contributed by atoms with Crippen LogP contribution in [0, 0.1) is 0 Å². The summed E-state index contributed by atoms with van der Waals surface area (Å²) in [5, 5.41) is 1.25. The van der Waals surface area contributed by atoms with Gasteiger partial charge in [-0.25, -0.2) is 0 Å². The second-order valence-corrected chi connectivity index (χ2v) is 3.53. The molecular formula is C12H13NO. The maximum Gasteiger partial charge on any atom is 0.120 e. The highest BCUT2D eigenvalue weighted by molar-refractivity contribution is 5.80. The lowest BCUT2D eigenvalue weighted by Gasteiger charge is -1.99. The number of aldehydes is 1. The molecule has 0 saturated carbocycles. The maximum atomic E-state index is 10.2. The van der Waals surface area contributed by atoms with E-state index in [1.54, 1.807) is 0 Å². The molecule has 1 aromatic heterocycles. The zero-order chi connectivity index (χ0) is 9.97. The summed E-state index contributed by atoms with van der Waals surface area (Å²) in [4.78, 5) is 10.2. The van der Waals surface area contributed by atoms with E-state index in [2.05, 4.69) is 28.8 Å². The summed E-state index contributed by atoms with van der Waals surface area (Å²) in [6.07, 6.45) is 4.47. The number of carbonyl (C=O) groups excluding carboxylic acids is 1. The summed E-state index contributed by atoms with van der Waals surface area (Å²) in [5.74, 6) is 0. The smallest absolute Gasteiger partial charge is 0.120 e. The fourth-order valence-electron chi connectivity index (χ4n) is 1.71. The van der Waals surface area contributed by atoms with Crippen molar-refractivity contribution in [3.8, 4) is 0 Å². The highest BCUT2D eigenvalue weighted by Crippen LogP contribution is 2.17. The molecule has 0 aliphatic carbocycles. The fraction of sp³-hybridized carbons (Fsp3) is 0.250. The van der Waals surface area contributed by atoms with E-state index in [1.807, 2.05) is 13.2 Å². The largest absolute Gasteiger partial charge is 0.351 e. The summed E-state index contributed by atoms with van der Waals surface area (Å²) in [5.41, 5.74) is 2.47. The molecular weight excluding hydrogens is 174 g/mol. The third-order valence-corrected chi connectivity index (χ3v) is 2.50. The molecule has 1 aromatic carbocycles. The molecule has 2 heteroatoms. The van der Waals surface area contributed by atoms with Crippen molar-refractivity contribution in [2.24, 2.45) is 7.05 Å². The number of hydrogen-bond donors (Lipinski definition) is 0. The molecule has 0 atom stereocenters. The minimum absolute atomic E-state index is 0.609. The van der Waals surface area contributed by atoms with Crippen LogP contribution in [0.15, 0.2) is 30.5 Å². The van der Waals surface area contributed by atoms with Gasteiger partial charge < -0.3 is 9.36 Å². The van der Waals surface area contributed by atoms with Crippen LogP contribution in [-0.4, -0.2) is 10.9 Å². The zero-order valence-electron chi connectivity index (χ0n) is 8.23. The Morgan fingerprint density at radius 1 is 1.36 bits per heavy atom. The number of hydrogen-bond acceptors (Lipinski definition) is 1. The predicted molar refractivity (Wildman–Crippen MR) is 57.3 cm³/mol. The third kappa shape index (κ3) is 1.55. The number of fused-ring (bicyclic) bond motifs is 1. The standard InChI is InChI=1S/C12H13NO/c1-13-7-6-11-9-10(3-2-8-14)4-5-12(11)13/h4-9H,2-3H2,1H3. The highest BCUT2D eigenvalue weighted by atomic mass is 16.1. The first-order valence-corrected chi connectivity index (χ1v) is 4.79. The van der Waals surface area contributed by atoms with E-state index >= 15 is 0 Å². The van der Waals surface area contributed by atoms with Gasteiger partial charge in [-0.2, -0.15) is 0 Å². The topological polar surface area (TPSA) is 22.0 Å². The summed E-state index contributed by atoms with van der Waals surface area (Å²) in [6, 6.07) is 8.44. The van der Waals surface area contributed by atoms with Crippen LogP contribution < -0.4 is 0 Å². The molecule has 0 saturated heterocycles. The molecule has 0 bridgehead atoms. The van der Waals surface area contributed by atoms with E-state index in [0.29, 0.717) is 6.42 Å². The summed E-state index contributed by atoms with van der Waals surface area (Å²) >= 11 is 0. The van der Waals surface area contributed by atoms with E-state index in [0.717, 1.165) is 12.7 Å². The molecule has 0 spiro atoms. The first-order chi connectivity index (χ1) is 6.81. The summed E-state index contributed by atoms with van der Waals surface area (Å²) in [7, 11) is 2.04. The van der Waals surface area contributed by atoms with Crippen molar-refractivity contribution in [2.45, 2.75) is 12.8 Å². The van der Waals surface area contributed by atoms with E-state index in [-0.39, 0.29) is 0 Å². The summed E-state index contributed by atoms with van der Waals surface area (Å²) < 4.78 is 2.10. The molecule has 0 aliphatic heterocycles. The minimum atomic E-state index is 0.609. The van der Waals surface area contributed by atoms with Crippen molar-refractivity contribution in [2.75, 3.05) is 0 Å². The SMILES string of the molecule is Cn1ccc2cc(CCC=O)ccc21. The first-order valence-electron chi connectivity index (χ1n) is 4.79. The highest BCUT2D eigenvalue weighted by Gasteiger charge is 1.99. The third-order valence-electron chi connectivity index (χ3n) is 2.50. The maximum absolute atomic E-state index is 10.2. The monoisotopic (exact) mass is 187 g/mol. The number of benzene rings is 1. The van der Waals surface area contributed by atoms with Crippen LogP contribution in [0.2, 0.25) is 0 Å². The van der Waals surface area contributed by atoms with Gasteiger partial charge in [0.2, 0.25) is 0 Å². The lowest BCUT2D eigenvalue weighted by Crippen LogP contribution is -1.87. The average Bonchev–Trinajstić information content (AvgIpc) is 2.57. The van der Waals surface area contributed by atoms with Crippen LogP contribution in [0.4, 0.5) is 0 Å². The van der Waals surface area contributed by atoms with Gasteiger partial charge in [0.05, 0.1) is 0 Å². The quantitative estimate of drug-likeness (QED) is 0.676. The van der Waals surface area contributed by atoms with Gasteiger partial charge in [-0.05, 0) is 35.6 Å². The molecule has 0 radical (unpaired) electrons. The van der Waals surface area contributed by atoms with Crippen LogP contribution in [0.25, 0.3) is 10.9 Å². The van der Waals surface area contributed by atoms with Gasteiger partial charge in [-0.3, -0.25) is 0 Å². The Balaban J connectivity index is 2.36. The van der Waals surface area contributed by atoms with E-state index in [4.69, 9.17) is 0 Å². The van der Waals surface area contributed by atoms with E-state index < -0.39 is 0 Å². The average molecular weight is 187 g/mol. The van der Waals surface area contributed by atoms with Crippen LogP contribution in [-0.2, 0) is 18.3 Å². The fourth-order valence-corrected chi connectivity index (χ4v) is 1.71. The number of aryl methyl sites for hydroxylation is 2. The van der Waals surface area contributed by atoms with Crippen LogP contribution in [0.5, 0.6) is 0 Å². The van der Waals surface area contributed by atoms with Gasteiger partial charge in [0.15, 0.2) is 0 Å². The molecule has 0 amide bonds. The van der Waals surface area contributed by atoms with Gasteiger partial charge in [0.25, 0.3) is 0 Å². The number of carbonyl (C=O) groups is 1. The van der Waals surface area contributed by atoms with Crippen LogP contribution in [0.3, 0.4) is 0 Å². The van der Waals surface area contributed by atoms with Crippen molar-refractivity contribution >= 4 is 17.2 Å². The molecule has 72 valence electrons. The molecule has 0 aliphatic rings. The normalized spacial score (nSPS) is 10.6. The molecule has 0 unspecified atom stereocenters. The second kappa shape index (κ2) is 3.66. The zero-order valence-corrected chi connectivity index (χ0v) is 8.23. The Labute approximate surface area is 83.2 Å². The van der Waals surface area contributed by atoms with Gasteiger partial charge >= 0.3 is 0 Å². The Kier molecular flexibility index (Phi) is 2.35. The molecule has 0 N–H and O–H groups in total. The molecule has 2 aromatic rings. The molecule has 2 nitrogen and oxygen atoms in total.